The van der Waals surface area contributed by atoms with Crippen LogP contribution in [0.5, 0.6) is 0 Å². The maximum Gasteiger partial charge on any atom is 0.189 e. The van der Waals surface area contributed by atoms with E-state index in [9.17, 15) is 0 Å². The number of halogens is 1. The molecule has 0 rings (SSSR count). The molecule has 0 aromatic rings. The Balaban J connectivity index is 0. The number of rotatable bonds is 4. The van der Waals surface area contributed by atoms with Gasteiger partial charge in [-0.1, -0.05) is 0 Å². The Morgan fingerprint density at radius 1 is 1.31 bits per heavy atom. The number of hydrogen-bond donors (Lipinski definition) is 0. The molecule has 0 N–H and O–H groups in total. The number of ether oxygens (including phenoxy) is 1. The highest BCUT2D eigenvalue weighted by Gasteiger charge is 2.18. The first-order valence-corrected chi connectivity index (χ1v) is 4.20. The van der Waals surface area contributed by atoms with Crippen molar-refractivity contribution in [3.05, 3.63) is 0 Å². The number of nitrogens with zero attached hydrogens (tertiary/aromatic N) is 2. The van der Waals surface area contributed by atoms with Crippen molar-refractivity contribution in [2.24, 2.45) is 5.92 Å². The van der Waals surface area contributed by atoms with E-state index in [1.807, 2.05) is 13.8 Å². The SMILES string of the molecule is CC(C#N)COC(C)[N+](C)(C)C.[Cl-]. The molecular formula is C9H19ClN2O. The summed E-state index contributed by atoms with van der Waals surface area (Å²) in [7, 11) is 6.21. The summed E-state index contributed by atoms with van der Waals surface area (Å²) >= 11 is 0. The molecule has 2 unspecified atom stereocenters. The molecule has 0 spiro atoms. The molecule has 3 nitrogen and oxygen atoms in total. The van der Waals surface area contributed by atoms with Gasteiger partial charge in [0.1, 0.15) is 0 Å². The first-order chi connectivity index (χ1) is 5.38. The highest BCUT2D eigenvalue weighted by molar-refractivity contribution is 4.77. The van der Waals surface area contributed by atoms with Gasteiger partial charge in [0.05, 0.1) is 39.7 Å². The van der Waals surface area contributed by atoms with Crippen LogP contribution in [-0.2, 0) is 4.74 Å². The second-order valence-electron chi connectivity index (χ2n) is 4.08. The molecule has 0 bridgehead atoms. The molecule has 0 fully saturated rings. The Kier molecular flexibility index (Phi) is 7.24. The molecule has 0 aliphatic rings. The number of hydrogen-bond acceptors (Lipinski definition) is 2. The van der Waals surface area contributed by atoms with E-state index in [1.54, 1.807) is 0 Å². The van der Waals surface area contributed by atoms with E-state index >= 15 is 0 Å². The molecule has 0 aliphatic heterocycles. The van der Waals surface area contributed by atoms with Crippen molar-refractivity contribution in [2.75, 3.05) is 27.7 Å². The maximum absolute atomic E-state index is 8.52. The Morgan fingerprint density at radius 3 is 2.08 bits per heavy atom. The summed E-state index contributed by atoms with van der Waals surface area (Å²) in [6.07, 6.45) is 0.140. The first-order valence-electron chi connectivity index (χ1n) is 4.20. The lowest BCUT2D eigenvalue weighted by molar-refractivity contribution is -0.917. The topological polar surface area (TPSA) is 33.0 Å². The third kappa shape index (κ3) is 6.83. The molecule has 0 aromatic carbocycles. The molecule has 2 atom stereocenters. The fourth-order valence-electron chi connectivity index (χ4n) is 0.544. The minimum atomic E-state index is -0.0148. The van der Waals surface area contributed by atoms with E-state index in [0.29, 0.717) is 6.61 Å². The molecule has 78 valence electrons. The molecule has 13 heavy (non-hydrogen) atoms. The van der Waals surface area contributed by atoms with Crippen molar-refractivity contribution >= 4 is 0 Å². The molecule has 0 saturated heterocycles. The van der Waals surface area contributed by atoms with Gasteiger partial charge in [-0.3, -0.25) is 0 Å². The monoisotopic (exact) mass is 206 g/mol. The minimum absolute atomic E-state index is 0. The lowest BCUT2D eigenvalue weighted by Gasteiger charge is -2.31. The first kappa shape index (κ1) is 15.2. The average molecular weight is 207 g/mol. The molecule has 4 heteroatoms. The lowest BCUT2D eigenvalue weighted by atomic mass is 10.2. The highest BCUT2D eigenvalue weighted by Crippen LogP contribution is 2.05. The van der Waals surface area contributed by atoms with Crippen LogP contribution in [0.15, 0.2) is 0 Å². The van der Waals surface area contributed by atoms with Gasteiger partial charge in [0.15, 0.2) is 6.23 Å². The Hall–Kier alpha value is -0.300. The summed E-state index contributed by atoms with van der Waals surface area (Å²) in [5.74, 6) is -0.0148. The zero-order valence-corrected chi connectivity index (χ0v) is 9.80. The molecule has 0 radical (unpaired) electrons. The third-order valence-electron chi connectivity index (χ3n) is 1.90. The molecule has 0 amide bonds. The normalized spacial score (nSPS) is 15.4. The van der Waals surface area contributed by atoms with Crippen LogP contribution in [0.2, 0.25) is 0 Å². The van der Waals surface area contributed by atoms with E-state index in [4.69, 9.17) is 10.00 Å². The standard InChI is InChI=1S/C9H19N2O.ClH/c1-8(6-10)7-12-9(2)11(3,4)5;/h8-9H,7H2,1-5H3;1H/q+1;/p-1. The van der Waals surface area contributed by atoms with Crippen LogP contribution < -0.4 is 12.4 Å². The molecule has 0 saturated carbocycles. The third-order valence-corrected chi connectivity index (χ3v) is 1.90. The summed E-state index contributed by atoms with van der Waals surface area (Å²) < 4.78 is 6.27. The Labute approximate surface area is 87.3 Å². The van der Waals surface area contributed by atoms with Crippen LogP contribution in [0.4, 0.5) is 0 Å². The molecule has 0 heterocycles. The predicted molar refractivity (Wildman–Crippen MR) is 48.2 cm³/mol. The average Bonchev–Trinajstić information content (AvgIpc) is 1.97. The molecular weight excluding hydrogens is 188 g/mol. The van der Waals surface area contributed by atoms with Crippen molar-refractivity contribution < 1.29 is 21.6 Å². The lowest BCUT2D eigenvalue weighted by Crippen LogP contribution is -3.00. The largest absolute Gasteiger partial charge is 1.00 e. The van der Waals surface area contributed by atoms with Gasteiger partial charge < -0.3 is 21.6 Å². The maximum atomic E-state index is 8.52. The fraction of sp³-hybridized carbons (Fsp3) is 0.889. The van der Waals surface area contributed by atoms with Crippen molar-refractivity contribution in [3.8, 4) is 6.07 Å². The van der Waals surface area contributed by atoms with Gasteiger partial charge in [0.2, 0.25) is 0 Å². The van der Waals surface area contributed by atoms with Gasteiger partial charge in [0, 0.05) is 6.92 Å². The van der Waals surface area contributed by atoms with Gasteiger partial charge in [-0.2, -0.15) is 5.26 Å². The minimum Gasteiger partial charge on any atom is -1.00 e. The van der Waals surface area contributed by atoms with Crippen LogP contribution in [0.25, 0.3) is 0 Å². The van der Waals surface area contributed by atoms with Gasteiger partial charge in [0.25, 0.3) is 0 Å². The van der Waals surface area contributed by atoms with Crippen LogP contribution in [0.1, 0.15) is 13.8 Å². The fourth-order valence-corrected chi connectivity index (χ4v) is 0.544. The van der Waals surface area contributed by atoms with E-state index in [2.05, 4.69) is 27.2 Å². The van der Waals surface area contributed by atoms with E-state index in [-0.39, 0.29) is 24.6 Å². The van der Waals surface area contributed by atoms with Crippen molar-refractivity contribution in [1.82, 2.24) is 0 Å². The van der Waals surface area contributed by atoms with Crippen LogP contribution >= 0.6 is 0 Å². The highest BCUT2D eigenvalue weighted by atomic mass is 35.5. The van der Waals surface area contributed by atoms with Crippen LogP contribution in [0, 0.1) is 17.2 Å². The Morgan fingerprint density at radius 2 is 1.77 bits per heavy atom. The van der Waals surface area contributed by atoms with Crippen LogP contribution in [-0.4, -0.2) is 38.5 Å². The van der Waals surface area contributed by atoms with E-state index < -0.39 is 0 Å². The summed E-state index contributed by atoms with van der Waals surface area (Å²) in [5.41, 5.74) is 0. The van der Waals surface area contributed by atoms with Gasteiger partial charge in [-0.15, -0.1) is 0 Å². The van der Waals surface area contributed by atoms with E-state index in [0.717, 1.165) is 4.48 Å². The van der Waals surface area contributed by atoms with Crippen LogP contribution in [0.3, 0.4) is 0 Å². The number of quaternary nitrogens is 1. The zero-order chi connectivity index (χ0) is 9.78. The second kappa shape index (κ2) is 6.20. The smallest absolute Gasteiger partial charge is 0.189 e. The van der Waals surface area contributed by atoms with Crippen molar-refractivity contribution in [3.63, 3.8) is 0 Å². The molecule has 0 aromatic heterocycles. The second-order valence-corrected chi connectivity index (χ2v) is 4.08. The Bertz CT molecular complexity index is 171. The van der Waals surface area contributed by atoms with Crippen molar-refractivity contribution in [2.45, 2.75) is 20.1 Å². The predicted octanol–water partition coefficient (Wildman–Crippen LogP) is -1.78. The summed E-state index contributed by atoms with van der Waals surface area (Å²) in [6.45, 7) is 4.40. The summed E-state index contributed by atoms with van der Waals surface area (Å²) in [5, 5.41) is 8.52. The van der Waals surface area contributed by atoms with Crippen molar-refractivity contribution in [1.29, 1.82) is 5.26 Å². The summed E-state index contributed by atoms with van der Waals surface area (Å²) in [6, 6.07) is 2.14. The zero-order valence-electron chi connectivity index (χ0n) is 9.04. The quantitative estimate of drug-likeness (QED) is 0.403. The van der Waals surface area contributed by atoms with Gasteiger partial charge >= 0.3 is 0 Å². The number of nitriles is 1. The summed E-state index contributed by atoms with van der Waals surface area (Å²) in [4.78, 5) is 0. The van der Waals surface area contributed by atoms with E-state index in [1.165, 1.54) is 0 Å². The van der Waals surface area contributed by atoms with Gasteiger partial charge in [-0.05, 0) is 6.92 Å². The molecule has 0 aliphatic carbocycles. The van der Waals surface area contributed by atoms with Gasteiger partial charge in [-0.25, -0.2) is 0 Å².